The van der Waals surface area contributed by atoms with E-state index < -0.39 is 0 Å². The Hall–Kier alpha value is -2.93. The van der Waals surface area contributed by atoms with E-state index in [0.717, 1.165) is 33.6 Å². The summed E-state index contributed by atoms with van der Waals surface area (Å²) in [5.41, 5.74) is 6.73. The van der Waals surface area contributed by atoms with Gasteiger partial charge >= 0.3 is 0 Å². The van der Waals surface area contributed by atoms with Crippen molar-refractivity contribution in [3.63, 3.8) is 0 Å². The fourth-order valence-electron chi connectivity index (χ4n) is 2.54. The van der Waals surface area contributed by atoms with Gasteiger partial charge in [0.15, 0.2) is 5.16 Å². The number of hydrazone groups is 1. The molecule has 0 atom stereocenters. The van der Waals surface area contributed by atoms with E-state index in [4.69, 9.17) is 4.42 Å². The molecule has 1 N–H and O–H groups in total. The largest absolute Gasteiger partial charge is 0.460 e. The van der Waals surface area contributed by atoms with Crippen molar-refractivity contribution in [3.05, 3.63) is 76.5 Å². The van der Waals surface area contributed by atoms with Crippen LogP contribution in [0.4, 0.5) is 0 Å². The zero-order valence-electron chi connectivity index (χ0n) is 16.3. The van der Waals surface area contributed by atoms with Crippen molar-refractivity contribution in [1.29, 1.82) is 0 Å². The highest BCUT2D eigenvalue weighted by Gasteiger charge is 2.08. The molecule has 0 unspecified atom stereocenters. The van der Waals surface area contributed by atoms with Crippen LogP contribution in [0.5, 0.6) is 0 Å². The summed E-state index contributed by atoms with van der Waals surface area (Å²) in [7, 11) is 0. The van der Waals surface area contributed by atoms with Crippen LogP contribution in [0.1, 0.15) is 45.8 Å². The zero-order valence-corrected chi connectivity index (χ0v) is 17.1. The van der Waals surface area contributed by atoms with Crippen molar-refractivity contribution < 1.29 is 9.21 Å². The second-order valence-corrected chi connectivity index (χ2v) is 7.41. The molecule has 3 rings (SSSR count). The Morgan fingerprint density at radius 1 is 1.07 bits per heavy atom. The SMILES string of the molecule is C/C(=N/NC(=O)c1ccc(CSc2nc(C)cc(C)n2)cc1)c1ccc(C)o1. The number of benzene rings is 1. The first-order chi connectivity index (χ1) is 13.4. The van der Waals surface area contributed by atoms with Gasteiger partial charge in [-0.05, 0) is 63.6 Å². The predicted octanol–water partition coefficient (Wildman–Crippen LogP) is 4.44. The van der Waals surface area contributed by atoms with E-state index in [2.05, 4.69) is 20.5 Å². The fraction of sp³-hybridized carbons (Fsp3) is 0.238. The molecule has 6 nitrogen and oxygen atoms in total. The van der Waals surface area contributed by atoms with Crippen molar-refractivity contribution >= 4 is 23.4 Å². The number of aryl methyl sites for hydroxylation is 3. The Morgan fingerprint density at radius 2 is 1.75 bits per heavy atom. The van der Waals surface area contributed by atoms with Crippen LogP contribution in [0.2, 0.25) is 0 Å². The number of carbonyl (C=O) groups excluding carboxylic acids is 1. The lowest BCUT2D eigenvalue weighted by Gasteiger charge is -2.05. The van der Waals surface area contributed by atoms with Gasteiger partial charge in [0.2, 0.25) is 0 Å². The van der Waals surface area contributed by atoms with Gasteiger partial charge in [0.25, 0.3) is 5.91 Å². The van der Waals surface area contributed by atoms with E-state index in [9.17, 15) is 4.79 Å². The molecule has 0 spiro atoms. The van der Waals surface area contributed by atoms with Gasteiger partial charge in [-0.1, -0.05) is 23.9 Å². The van der Waals surface area contributed by atoms with Gasteiger partial charge in [0, 0.05) is 22.7 Å². The van der Waals surface area contributed by atoms with Gasteiger partial charge in [-0.25, -0.2) is 15.4 Å². The van der Waals surface area contributed by atoms with Crippen LogP contribution >= 0.6 is 11.8 Å². The molecule has 3 aromatic rings. The number of amides is 1. The van der Waals surface area contributed by atoms with Crippen LogP contribution in [-0.2, 0) is 5.75 Å². The standard InChI is InChI=1S/C21H22N4O2S/c1-13-11-14(2)23-21(22-13)28-12-17-6-8-18(9-7-17)20(26)25-24-16(4)19-10-5-15(3)27-19/h5-11H,12H2,1-4H3,(H,25,26)/b24-16-. The molecule has 0 aliphatic carbocycles. The van der Waals surface area contributed by atoms with Crippen molar-refractivity contribution in [2.75, 3.05) is 0 Å². The Bertz CT molecular complexity index is 989. The molecule has 0 radical (unpaired) electrons. The third kappa shape index (κ3) is 5.29. The lowest BCUT2D eigenvalue weighted by Crippen LogP contribution is -2.19. The Balaban J connectivity index is 1.58. The minimum absolute atomic E-state index is 0.264. The summed E-state index contributed by atoms with van der Waals surface area (Å²) < 4.78 is 5.48. The Labute approximate surface area is 168 Å². The molecule has 0 saturated heterocycles. The van der Waals surface area contributed by atoms with Crippen LogP contribution in [-0.4, -0.2) is 21.6 Å². The summed E-state index contributed by atoms with van der Waals surface area (Å²) in [4.78, 5) is 21.1. The van der Waals surface area contributed by atoms with Crippen LogP contribution in [0, 0.1) is 20.8 Å². The first-order valence-electron chi connectivity index (χ1n) is 8.86. The molecule has 2 aromatic heterocycles. The molecule has 0 saturated carbocycles. The minimum Gasteiger partial charge on any atom is -0.460 e. The Kier molecular flexibility index (Phi) is 6.26. The maximum atomic E-state index is 12.3. The topological polar surface area (TPSA) is 80.4 Å². The summed E-state index contributed by atoms with van der Waals surface area (Å²) in [6.45, 7) is 7.57. The third-order valence-electron chi connectivity index (χ3n) is 3.97. The maximum Gasteiger partial charge on any atom is 0.271 e. The highest BCUT2D eigenvalue weighted by Crippen LogP contribution is 2.20. The van der Waals surface area contributed by atoms with Gasteiger partial charge in [-0.15, -0.1) is 0 Å². The molecule has 1 amide bonds. The van der Waals surface area contributed by atoms with Crippen molar-refractivity contribution in [3.8, 4) is 0 Å². The van der Waals surface area contributed by atoms with Crippen LogP contribution in [0.3, 0.4) is 0 Å². The third-order valence-corrected chi connectivity index (χ3v) is 4.89. The molecule has 0 aliphatic heterocycles. The summed E-state index contributed by atoms with van der Waals surface area (Å²) >= 11 is 1.57. The van der Waals surface area contributed by atoms with Crippen molar-refractivity contribution in [2.45, 2.75) is 38.6 Å². The minimum atomic E-state index is -0.264. The molecular formula is C21H22N4O2S. The second-order valence-electron chi connectivity index (χ2n) is 6.47. The highest BCUT2D eigenvalue weighted by atomic mass is 32.2. The van der Waals surface area contributed by atoms with Gasteiger partial charge in [0.05, 0.1) is 0 Å². The number of nitrogens with zero attached hydrogens (tertiary/aromatic N) is 3. The molecule has 144 valence electrons. The van der Waals surface area contributed by atoms with Crippen molar-refractivity contribution in [2.24, 2.45) is 5.10 Å². The molecule has 1 aromatic carbocycles. The van der Waals surface area contributed by atoms with Crippen LogP contribution < -0.4 is 5.43 Å². The first kappa shape index (κ1) is 19.8. The molecular weight excluding hydrogens is 372 g/mol. The van der Waals surface area contributed by atoms with Gasteiger partial charge in [-0.2, -0.15) is 5.10 Å². The quantitative estimate of drug-likeness (QED) is 0.289. The summed E-state index contributed by atoms with van der Waals surface area (Å²) in [6.07, 6.45) is 0. The average molecular weight is 395 g/mol. The lowest BCUT2D eigenvalue weighted by molar-refractivity contribution is 0.0955. The first-order valence-corrected chi connectivity index (χ1v) is 9.85. The number of aromatic nitrogens is 2. The van der Waals surface area contributed by atoms with E-state index >= 15 is 0 Å². The average Bonchev–Trinajstić information content (AvgIpc) is 3.10. The molecule has 0 bridgehead atoms. The van der Waals surface area contributed by atoms with E-state index in [-0.39, 0.29) is 5.91 Å². The van der Waals surface area contributed by atoms with Gasteiger partial charge in [-0.3, -0.25) is 4.79 Å². The van der Waals surface area contributed by atoms with Gasteiger partial charge < -0.3 is 4.42 Å². The van der Waals surface area contributed by atoms with E-state index in [1.54, 1.807) is 30.8 Å². The number of thioether (sulfide) groups is 1. The maximum absolute atomic E-state index is 12.3. The molecule has 7 heteroatoms. The summed E-state index contributed by atoms with van der Waals surface area (Å²) in [6, 6.07) is 13.1. The smallest absolute Gasteiger partial charge is 0.271 e. The highest BCUT2D eigenvalue weighted by molar-refractivity contribution is 7.98. The summed E-state index contributed by atoms with van der Waals surface area (Å²) in [5.74, 6) is 1.91. The predicted molar refractivity (Wildman–Crippen MR) is 111 cm³/mol. The van der Waals surface area contributed by atoms with E-state index in [1.165, 1.54) is 0 Å². The Morgan fingerprint density at radius 3 is 2.36 bits per heavy atom. The van der Waals surface area contributed by atoms with Crippen molar-refractivity contribution in [1.82, 2.24) is 15.4 Å². The van der Waals surface area contributed by atoms with E-state index in [0.29, 0.717) is 17.0 Å². The lowest BCUT2D eigenvalue weighted by atomic mass is 10.1. The molecule has 28 heavy (non-hydrogen) atoms. The number of carbonyl (C=O) groups is 1. The molecule has 0 aliphatic rings. The zero-order chi connectivity index (χ0) is 20.1. The number of nitrogens with one attached hydrogen (secondary N) is 1. The number of hydrogen-bond donors (Lipinski definition) is 1. The molecule has 0 fully saturated rings. The summed E-state index contributed by atoms with van der Waals surface area (Å²) in [5, 5.41) is 4.86. The monoisotopic (exact) mass is 394 g/mol. The second kappa shape index (κ2) is 8.84. The van der Waals surface area contributed by atoms with Crippen LogP contribution in [0.25, 0.3) is 0 Å². The fourth-order valence-corrected chi connectivity index (χ4v) is 3.45. The normalized spacial score (nSPS) is 11.5. The number of hydrogen-bond acceptors (Lipinski definition) is 6. The number of rotatable bonds is 6. The van der Waals surface area contributed by atoms with Crippen LogP contribution in [0.15, 0.2) is 57.1 Å². The van der Waals surface area contributed by atoms with Gasteiger partial charge in [0.1, 0.15) is 17.2 Å². The molecule has 2 heterocycles. The number of furan rings is 1. The van der Waals surface area contributed by atoms with E-state index in [1.807, 2.05) is 51.1 Å².